The molecule has 0 aliphatic heterocycles. The molecule has 0 bridgehead atoms. The third kappa shape index (κ3) is 5.44. The fraction of sp³-hybridized carbons (Fsp3) is 0.903. The molecule has 4 nitrogen and oxygen atoms in total. The zero-order valence-corrected chi connectivity index (χ0v) is 24.2. The molecule has 0 saturated heterocycles. The van der Waals surface area contributed by atoms with Crippen molar-refractivity contribution in [1.29, 1.82) is 0 Å². The summed E-state index contributed by atoms with van der Waals surface area (Å²) in [5.74, 6) is 1.08. The van der Waals surface area contributed by atoms with E-state index in [0.29, 0.717) is 30.1 Å². The Hall–Kier alpha value is -1.08. The lowest BCUT2D eigenvalue weighted by atomic mass is 9.46. The van der Waals surface area contributed by atoms with E-state index in [1.165, 1.54) is 5.57 Å². The van der Waals surface area contributed by atoms with Crippen LogP contribution in [0.5, 0.6) is 0 Å². The monoisotopic (exact) mass is 541 g/mol. The summed E-state index contributed by atoms with van der Waals surface area (Å²) < 4.78 is 46.3. The molecule has 3 fully saturated rings. The van der Waals surface area contributed by atoms with Crippen LogP contribution in [-0.4, -0.2) is 35.0 Å². The van der Waals surface area contributed by atoms with E-state index in [0.717, 1.165) is 51.4 Å². The van der Waals surface area contributed by atoms with E-state index >= 15 is 0 Å². The number of halogens is 3. The first-order valence-corrected chi connectivity index (χ1v) is 14.9. The molecule has 4 aliphatic rings. The SMILES string of the molecule is CC(C)[C@H](N)C(=O)O[C@H](CC[C@@H](C)[C@H]1CC[C@H]2[C@@H]3CC=C4C[C@@](C)(O)CC[C@]4(C)[C@H]3CC[C@]12C)C(F)(F)F. The molecule has 0 heterocycles. The predicted octanol–water partition coefficient (Wildman–Crippen LogP) is 7.19. The summed E-state index contributed by atoms with van der Waals surface area (Å²) in [6.45, 7) is 12.3. The van der Waals surface area contributed by atoms with Gasteiger partial charge >= 0.3 is 12.1 Å². The molecule has 0 aromatic heterocycles. The first kappa shape index (κ1) is 29.9. The molecule has 3 saturated carbocycles. The van der Waals surface area contributed by atoms with Gasteiger partial charge in [0.25, 0.3) is 0 Å². The molecule has 10 atom stereocenters. The summed E-state index contributed by atoms with van der Waals surface area (Å²) in [5.41, 5.74) is 6.90. The second-order valence-corrected chi connectivity index (χ2v) is 14.5. The van der Waals surface area contributed by atoms with Gasteiger partial charge in [-0.3, -0.25) is 4.79 Å². The van der Waals surface area contributed by atoms with Gasteiger partial charge in [-0.15, -0.1) is 0 Å². The largest absolute Gasteiger partial charge is 0.452 e. The summed E-state index contributed by atoms with van der Waals surface area (Å²) in [7, 11) is 0. The van der Waals surface area contributed by atoms with Crippen molar-refractivity contribution in [3.63, 3.8) is 0 Å². The van der Waals surface area contributed by atoms with Crippen LogP contribution in [-0.2, 0) is 9.53 Å². The van der Waals surface area contributed by atoms with Gasteiger partial charge in [-0.2, -0.15) is 13.2 Å². The van der Waals surface area contributed by atoms with E-state index in [9.17, 15) is 23.1 Å². The summed E-state index contributed by atoms with van der Waals surface area (Å²) in [4.78, 5) is 12.2. The number of esters is 1. The molecule has 4 rings (SSSR count). The lowest BCUT2D eigenvalue weighted by Gasteiger charge is -2.59. The Morgan fingerprint density at radius 2 is 1.76 bits per heavy atom. The number of alkyl halides is 3. The van der Waals surface area contributed by atoms with E-state index in [-0.39, 0.29) is 29.1 Å². The van der Waals surface area contributed by atoms with Crippen molar-refractivity contribution in [1.82, 2.24) is 0 Å². The Labute approximate surface area is 227 Å². The predicted molar refractivity (Wildman–Crippen MR) is 143 cm³/mol. The lowest BCUT2D eigenvalue weighted by Crippen LogP contribution is -2.52. The first-order chi connectivity index (χ1) is 17.5. The molecule has 3 N–H and O–H groups in total. The van der Waals surface area contributed by atoms with Crippen LogP contribution in [0, 0.1) is 46.3 Å². The number of hydrogen-bond donors (Lipinski definition) is 2. The van der Waals surface area contributed by atoms with Gasteiger partial charge in [0, 0.05) is 0 Å². The summed E-state index contributed by atoms with van der Waals surface area (Å²) in [5, 5.41) is 10.7. The highest BCUT2D eigenvalue weighted by Gasteiger charge is 2.59. The fourth-order valence-electron chi connectivity index (χ4n) is 9.18. The molecule has 0 aromatic rings. The highest BCUT2D eigenvalue weighted by molar-refractivity contribution is 5.76. The lowest BCUT2D eigenvalue weighted by molar-refractivity contribution is -0.224. The van der Waals surface area contributed by atoms with Crippen LogP contribution in [0.1, 0.15) is 106 Å². The number of carbonyl (C=O) groups excluding carboxylic acids is 1. The molecule has 218 valence electrons. The smallest absolute Gasteiger partial charge is 0.425 e. The minimum absolute atomic E-state index is 0.124. The quantitative estimate of drug-likeness (QED) is 0.264. The van der Waals surface area contributed by atoms with E-state index in [4.69, 9.17) is 10.5 Å². The third-order valence-corrected chi connectivity index (χ3v) is 11.6. The summed E-state index contributed by atoms with van der Waals surface area (Å²) in [6, 6.07) is -1.05. The topological polar surface area (TPSA) is 72.6 Å². The van der Waals surface area contributed by atoms with Crippen molar-refractivity contribution < 1.29 is 27.8 Å². The van der Waals surface area contributed by atoms with Crippen molar-refractivity contribution >= 4 is 5.97 Å². The van der Waals surface area contributed by atoms with Crippen LogP contribution in [0.15, 0.2) is 11.6 Å². The van der Waals surface area contributed by atoms with Crippen LogP contribution in [0.4, 0.5) is 13.2 Å². The number of rotatable bonds is 7. The normalized spacial score (nSPS) is 41.4. The Morgan fingerprint density at radius 1 is 1.08 bits per heavy atom. The second kappa shape index (κ2) is 10.4. The maximum absolute atomic E-state index is 13.8. The van der Waals surface area contributed by atoms with Gasteiger partial charge in [0.2, 0.25) is 0 Å². The Balaban J connectivity index is 1.43. The van der Waals surface area contributed by atoms with Crippen LogP contribution in [0.25, 0.3) is 0 Å². The summed E-state index contributed by atoms with van der Waals surface area (Å²) >= 11 is 0. The van der Waals surface area contributed by atoms with E-state index < -0.39 is 29.9 Å². The zero-order valence-electron chi connectivity index (χ0n) is 24.2. The van der Waals surface area contributed by atoms with E-state index in [2.05, 4.69) is 26.8 Å². The number of carbonyl (C=O) groups is 1. The van der Waals surface area contributed by atoms with Gasteiger partial charge in [0.15, 0.2) is 6.10 Å². The van der Waals surface area contributed by atoms with Gasteiger partial charge in [-0.1, -0.05) is 46.3 Å². The van der Waals surface area contributed by atoms with Gasteiger partial charge < -0.3 is 15.6 Å². The third-order valence-electron chi connectivity index (χ3n) is 11.6. The number of ether oxygens (including phenoxy) is 1. The Morgan fingerprint density at radius 3 is 2.39 bits per heavy atom. The molecule has 4 aliphatic carbocycles. The minimum Gasteiger partial charge on any atom is -0.452 e. The standard InChI is InChI=1S/C31H50F3NO3/c1-18(2)26(35)27(36)38-25(31(32,33)34)12-7-19(3)22-10-11-23-21-9-8-20-17-28(4,37)15-16-29(20,5)24(21)13-14-30(22,23)6/h8,18-19,21-26,37H,7,9-17,35H2,1-6H3/t19-,21+,22-,23+,24+,25-,26+,28+,29+,30-/m1/s1. The van der Waals surface area contributed by atoms with Crippen LogP contribution in [0.3, 0.4) is 0 Å². The number of hydrogen-bond acceptors (Lipinski definition) is 4. The van der Waals surface area contributed by atoms with Crippen molar-refractivity contribution in [3.05, 3.63) is 11.6 Å². The average Bonchev–Trinajstić information content (AvgIpc) is 3.17. The number of allylic oxidation sites excluding steroid dienone is 1. The van der Waals surface area contributed by atoms with Gasteiger partial charge in [-0.25, -0.2) is 0 Å². The highest BCUT2D eigenvalue weighted by atomic mass is 19.4. The molecule has 0 spiro atoms. The van der Waals surface area contributed by atoms with Gasteiger partial charge in [-0.05, 0) is 117 Å². The van der Waals surface area contributed by atoms with Gasteiger partial charge in [0.1, 0.15) is 6.04 Å². The van der Waals surface area contributed by atoms with Crippen LogP contribution < -0.4 is 5.73 Å². The van der Waals surface area contributed by atoms with Crippen LogP contribution in [0.2, 0.25) is 0 Å². The van der Waals surface area contributed by atoms with E-state index in [1.54, 1.807) is 13.8 Å². The van der Waals surface area contributed by atoms with Crippen LogP contribution >= 0.6 is 0 Å². The van der Waals surface area contributed by atoms with Crippen molar-refractivity contribution in [2.75, 3.05) is 0 Å². The molecular weight excluding hydrogens is 491 g/mol. The highest BCUT2D eigenvalue weighted by Crippen LogP contribution is 2.67. The van der Waals surface area contributed by atoms with Crippen molar-refractivity contribution in [2.45, 2.75) is 130 Å². The molecular formula is C31H50F3NO3. The molecule has 0 unspecified atom stereocenters. The molecule has 38 heavy (non-hydrogen) atoms. The Kier molecular flexibility index (Phi) is 8.18. The number of aliphatic hydroxyl groups is 1. The summed E-state index contributed by atoms with van der Waals surface area (Å²) in [6.07, 6.45) is 4.10. The van der Waals surface area contributed by atoms with Crippen molar-refractivity contribution in [3.8, 4) is 0 Å². The minimum atomic E-state index is -4.60. The maximum atomic E-state index is 13.8. The second-order valence-electron chi connectivity index (χ2n) is 14.5. The molecule has 0 radical (unpaired) electrons. The molecule has 0 aromatic carbocycles. The van der Waals surface area contributed by atoms with Gasteiger partial charge in [0.05, 0.1) is 5.60 Å². The Bertz CT molecular complexity index is 915. The molecule has 0 amide bonds. The molecule has 7 heteroatoms. The van der Waals surface area contributed by atoms with E-state index in [1.807, 2.05) is 6.92 Å². The number of nitrogens with two attached hydrogens (primary N) is 1. The fourth-order valence-corrected chi connectivity index (χ4v) is 9.18. The van der Waals surface area contributed by atoms with Crippen molar-refractivity contribution in [2.24, 2.45) is 52.1 Å². The number of fused-ring (bicyclic) bond motifs is 5. The first-order valence-electron chi connectivity index (χ1n) is 14.9. The zero-order chi connectivity index (χ0) is 28.3. The maximum Gasteiger partial charge on any atom is 0.425 e. The average molecular weight is 542 g/mol.